The van der Waals surface area contributed by atoms with E-state index in [-0.39, 0.29) is 12.0 Å². The maximum Gasteiger partial charge on any atom is 0.533 e. The third-order valence-corrected chi connectivity index (χ3v) is 7.04. The number of para-hydroxylation sites is 1. The van der Waals surface area contributed by atoms with Crippen LogP contribution in [0.3, 0.4) is 0 Å². The van der Waals surface area contributed by atoms with Crippen LogP contribution in [0.25, 0.3) is 11.8 Å². The Morgan fingerprint density at radius 1 is 1.16 bits per heavy atom. The van der Waals surface area contributed by atoms with E-state index in [4.69, 9.17) is 25.9 Å². The average Bonchev–Trinajstić information content (AvgIpc) is 3.12. The Bertz CT molecular complexity index is 1360. The number of aromatic amines is 1. The van der Waals surface area contributed by atoms with Crippen molar-refractivity contribution in [1.29, 1.82) is 0 Å². The first kappa shape index (κ1) is 25.4. The number of allylic oxidation sites excluding steroid dienone is 1. The van der Waals surface area contributed by atoms with Crippen molar-refractivity contribution in [2.24, 2.45) is 16.1 Å². The second-order valence-electron chi connectivity index (χ2n) is 10.7. The predicted molar refractivity (Wildman–Crippen MR) is 143 cm³/mol. The van der Waals surface area contributed by atoms with E-state index < -0.39 is 11.8 Å². The number of hydrogen-bond acceptors (Lipinski definition) is 7. The number of hydroxylamine groups is 1. The van der Waals surface area contributed by atoms with Gasteiger partial charge in [0.05, 0.1) is 35.6 Å². The molecule has 0 bridgehead atoms. The number of carbonyl (C=O) groups is 1. The van der Waals surface area contributed by atoms with E-state index in [0.29, 0.717) is 18.1 Å². The van der Waals surface area contributed by atoms with Crippen molar-refractivity contribution in [1.82, 2.24) is 4.98 Å². The standard InChI is InChI=1S/C28H33ClN4O4/c1-17-7-5-6-8-23(17)35-20-11-9-18(10-12-20)24-25-21(16-30-32-24)26-22(31-25)15-19(29)13-14-33(26)37-27(34)36-28(2,3)4/h5-8,13,15,18,20,31H,9-12,14,16H2,1-4H3. The summed E-state index contributed by atoms with van der Waals surface area (Å²) in [7, 11) is 0. The summed E-state index contributed by atoms with van der Waals surface area (Å²) in [5, 5.41) is 12.8. The Morgan fingerprint density at radius 2 is 1.92 bits per heavy atom. The van der Waals surface area contributed by atoms with Crippen molar-refractivity contribution >= 4 is 35.2 Å². The van der Waals surface area contributed by atoms with E-state index in [9.17, 15) is 4.79 Å². The lowest BCUT2D eigenvalue weighted by molar-refractivity contribution is -0.0116. The number of H-pyrrole nitrogens is 1. The number of ether oxygens (including phenoxy) is 2. The van der Waals surface area contributed by atoms with E-state index in [2.05, 4.69) is 28.2 Å². The number of rotatable bonds is 4. The number of benzene rings is 1. The van der Waals surface area contributed by atoms with Gasteiger partial charge in [0.1, 0.15) is 17.0 Å². The SMILES string of the molecule is Cc1ccccc1OC1CCC(C2=c3[nH]c4c(c3CN=N2)N(OC(=O)OC(C)(C)C)CC=C(Cl)C=4)CC1. The molecule has 2 aromatic rings. The van der Waals surface area contributed by atoms with Gasteiger partial charge in [-0.05, 0) is 77.2 Å². The van der Waals surface area contributed by atoms with Gasteiger partial charge in [-0.1, -0.05) is 29.8 Å². The zero-order valence-electron chi connectivity index (χ0n) is 21.7. The van der Waals surface area contributed by atoms with Crippen molar-refractivity contribution in [3.63, 3.8) is 0 Å². The summed E-state index contributed by atoms with van der Waals surface area (Å²) in [6, 6.07) is 8.14. The molecule has 1 N–H and O–H groups in total. The fourth-order valence-corrected chi connectivity index (χ4v) is 5.23. The fraction of sp³-hybridized carbons (Fsp3) is 0.464. The molecule has 2 aliphatic heterocycles. The summed E-state index contributed by atoms with van der Waals surface area (Å²) in [5.74, 6) is 1.21. The second kappa shape index (κ2) is 10.2. The molecule has 1 aliphatic carbocycles. The molecule has 3 heterocycles. The molecule has 0 atom stereocenters. The number of azo groups is 1. The van der Waals surface area contributed by atoms with E-state index in [1.165, 1.54) is 5.06 Å². The minimum Gasteiger partial charge on any atom is -0.490 e. The summed E-state index contributed by atoms with van der Waals surface area (Å²) < 4.78 is 11.7. The van der Waals surface area contributed by atoms with Crippen LogP contribution in [0.2, 0.25) is 0 Å². The maximum absolute atomic E-state index is 12.5. The molecule has 1 aromatic carbocycles. The van der Waals surface area contributed by atoms with Crippen LogP contribution in [0.1, 0.15) is 57.6 Å². The van der Waals surface area contributed by atoms with Gasteiger partial charge in [0, 0.05) is 16.5 Å². The van der Waals surface area contributed by atoms with E-state index in [0.717, 1.165) is 64.6 Å². The average molecular weight is 525 g/mol. The van der Waals surface area contributed by atoms with Crippen LogP contribution in [-0.2, 0) is 16.1 Å². The Morgan fingerprint density at radius 3 is 2.65 bits per heavy atom. The second-order valence-corrected chi connectivity index (χ2v) is 11.2. The summed E-state index contributed by atoms with van der Waals surface area (Å²) in [6.07, 6.45) is 6.86. The number of hydrogen-bond donors (Lipinski definition) is 1. The van der Waals surface area contributed by atoms with Crippen molar-refractivity contribution in [3.05, 3.63) is 57.2 Å². The Hall–Kier alpha value is -3.26. The Kier molecular flexibility index (Phi) is 7.03. The van der Waals surface area contributed by atoms with Gasteiger partial charge >= 0.3 is 6.16 Å². The molecular weight excluding hydrogens is 492 g/mol. The van der Waals surface area contributed by atoms with Gasteiger partial charge < -0.3 is 19.3 Å². The number of aryl methyl sites for hydroxylation is 1. The lowest BCUT2D eigenvalue weighted by atomic mass is 9.84. The molecule has 37 heavy (non-hydrogen) atoms. The lowest BCUT2D eigenvalue weighted by Crippen LogP contribution is -2.34. The highest BCUT2D eigenvalue weighted by atomic mass is 35.5. The molecule has 0 spiro atoms. The first-order valence-corrected chi connectivity index (χ1v) is 13.2. The molecule has 196 valence electrons. The smallest absolute Gasteiger partial charge is 0.490 e. The topological polar surface area (TPSA) is 88.5 Å². The molecule has 8 nitrogen and oxygen atoms in total. The summed E-state index contributed by atoms with van der Waals surface area (Å²) in [4.78, 5) is 21.6. The summed E-state index contributed by atoms with van der Waals surface area (Å²) >= 11 is 6.42. The van der Waals surface area contributed by atoms with Crippen LogP contribution >= 0.6 is 11.6 Å². The summed E-state index contributed by atoms with van der Waals surface area (Å²) in [5.41, 5.74) is 3.10. The molecule has 1 aromatic heterocycles. The van der Waals surface area contributed by atoms with Crippen molar-refractivity contribution in [3.8, 4) is 5.75 Å². The molecule has 0 saturated heterocycles. The predicted octanol–water partition coefficient (Wildman–Crippen LogP) is 5.62. The van der Waals surface area contributed by atoms with Crippen LogP contribution in [0.15, 0.2) is 45.6 Å². The van der Waals surface area contributed by atoms with E-state index >= 15 is 0 Å². The maximum atomic E-state index is 12.5. The third-order valence-electron chi connectivity index (χ3n) is 6.77. The first-order valence-electron chi connectivity index (χ1n) is 12.8. The minimum absolute atomic E-state index is 0.188. The molecule has 3 aliphatic rings. The molecule has 1 fully saturated rings. The number of anilines is 1. The summed E-state index contributed by atoms with van der Waals surface area (Å²) in [6.45, 7) is 8.15. The molecule has 1 saturated carbocycles. The number of aromatic nitrogens is 1. The van der Waals surface area contributed by atoms with Gasteiger partial charge in [0.2, 0.25) is 0 Å². The molecule has 5 rings (SSSR count). The highest BCUT2D eigenvalue weighted by Crippen LogP contribution is 2.35. The first-order chi connectivity index (χ1) is 17.7. The van der Waals surface area contributed by atoms with Gasteiger partial charge in [0.15, 0.2) is 0 Å². The van der Waals surface area contributed by atoms with Crippen molar-refractivity contribution < 1.29 is 19.1 Å². The van der Waals surface area contributed by atoms with Gasteiger partial charge in [-0.25, -0.2) is 4.79 Å². The monoisotopic (exact) mass is 524 g/mol. The number of carbonyl (C=O) groups excluding carboxylic acids is 1. The fourth-order valence-electron chi connectivity index (χ4n) is 5.05. The van der Waals surface area contributed by atoms with Crippen LogP contribution in [0, 0.1) is 12.8 Å². The number of fused-ring (bicyclic) bond motifs is 3. The zero-order chi connectivity index (χ0) is 26.2. The van der Waals surface area contributed by atoms with Crippen LogP contribution in [0.5, 0.6) is 5.75 Å². The van der Waals surface area contributed by atoms with E-state index in [1.54, 1.807) is 26.8 Å². The Balaban J connectivity index is 1.41. The molecule has 9 heteroatoms. The third kappa shape index (κ3) is 5.69. The molecule has 0 radical (unpaired) electrons. The normalized spacial score (nSPS) is 21.3. The highest BCUT2D eigenvalue weighted by Gasteiger charge is 2.31. The van der Waals surface area contributed by atoms with Gasteiger partial charge in [0.25, 0.3) is 0 Å². The van der Waals surface area contributed by atoms with Crippen LogP contribution in [-0.4, -0.2) is 29.4 Å². The van der Waals surface area contributed by atoms with Crippen LogP contribution < -0.4 is 20.5 Å². The van der Waals surface area contributed by atoms with Gasteiger partial charge in [-0.3, -0.25) is 0 Å². The van der Waals surface area contributed by atoms with Crippen molar-refractivity contribution in [2.75, 3.05) is 11.6 Å². The molecule has 0 unspecified atom stereocenters. The number of nitrogens with one attached hydrogen (secondary N) is 1. The molecule has 0 amide bonds. The number of halogens is 1. The van der Waals surface area contributed by atoms with E-state index in [1.807, 2.05) is 24.3 Å². The van der Waals surface area contributed by atoms with Crippen molar-refractivity contribution in [2.45, 2.75) is 71.6 Å². The lowest BCUT2D eigenvalue weighted by Gasteiger charge is -2.30. The number of nitrogens with zero attached hydrogens (tertiary/aromatic N) is 3. The largest absolute Gasteiger partial charge is 0.533 e. The van der Waals surface area contributed by atoms with Gasteiger partial charge in [-0.15, -0.1) is 0 Å². The highest BCUT2D eigenvalue weighted by molar-refractivity contribution is 6.34. The zero-order valence-corrected chi connectivity index (χ0v) is 22.5. The minimum atomic E-state index is -0.770. The Labute approximate surface area is 221 Å². The van der Waals surface area contributed by atoms with Gasteiger partial charge in [-0.2, -0.15) is 15.3 Å². The molecular formula is C28H33ClN4O4. The quantitative estimate of drug-likeness (QED) is 0.524. The van der Waals surface area contributed by atoms with Crippen LogP contribution in [0.4, 0.5) is 10.5 Å².